The Morgan fingerprint density at radius 1 is 0.846 bits per heavy atom. The van der Waals surface area contributed by atoms with Crippen LogP contribution in [0.25, 0.3) is 11.1 Å². The van der Waals surface area contributed by atoms with Crippen LogP contribution in [0.3, 0.4) is 0 Å². The minimum absolute atomic E-state index is 0.122. The first-order valence-electron chi connectivity index (χ1n) is 13.2. The summed E-state index contributed by atoms with van der Waals surface area (Å²) >= 11 is 0. The fourth-order valence-electron chi connectivity index (χ4n) is 5.35. The lowest BCUT2D eigenvalue weighted by Crippen LogP contribution is -2.52. The van der Waals surface area contributed by atoms with E-state index in [1.807, 2.05) is 39.0 Å². The van der Waals surface area contributed by atoms with Crippen molar-refractivity contribution in [3.63, 3.8) is 0 Å². The summed E-state index contributed by atoms with van der Waals surface area (Å²) in [5.41, 5.74) is 3.78. The van der Waals surface area contributed by atoms with Crippen molar-refractivity contribution in [2.24, 2.45) is 5.41 Å². The number of amides is 3. The van der Waals surface area contributed by atoms with Gasteiger partial charge in [-0.3, -0.25) is 4.79 Å². The number of aryl methyl sites for hydroxylation is 2. The highest BCUT2D eigenvalue weighted by atomic mass is 16.4. The van der Waals surface area contributed by atoms with Crippen molar-refractivity contribution < 1.29 is 24.6 Å². The number of carbonyl (C=O) groups excluding carboxylic acids is 2. The topological polar surface area (TPSA) is 128 Å². The molecule has 1 atom stereocenters. The highest BCUT2D eigenvalue weighted by Gasteiger charge is 2.41. The van der Waals surface area contributed by atoms with Gasteiger partial charge in [-0.05, 0) is 78.6 Å². The largest absolute Gasteiger partial charge is 0.508 e. The van der Waals surface area contributed by atoms with E-state index in [1.165, 1.54) is 0 Å². The molecular weight excluding hydrogens is 494 g/mol. The van der Waals surface area contributed by atoms with E-state index in [0.717, 1.165) is 36.0 Å². The molecule has 1 saturated carbocycles. The molecule has 0 aliphatic heterocycles. The number of carboxylic acids is 1. The van der Waals surface area contributed by atoms with E-state index in [4.69, 9.17) is 0 Å². The van der Waals surface area contributed by atoms with Crippen LogP contribution in [0.5, 0.6) is 5.75 Å². The summed E-state index contributed by atoms with van der Waals surface area (Å²) in [5, 5.41) is 28.1. The summed E-state index contributed by atoms with van der Waals surface area (Å²) in [6.07, 6.45) is 4.32. The number of aromatic hydroxyl groups is 1. The van der Waals surface area contributed by atoms with Crippen molar-refractivity contribution in [1.29, 1.82) is 0 Å². The molecule has 4 rings (SSSR count). The van der Waals surface area contributed by atoms with E-state index >= 15 is 0 Å². The number of anilines is 2. The second-order valence-electron chi connectivity index (χ2n) is 10.6. The number of hydrogen-bond donors (Lipinski definition) is 5. The van der Waals surface area contributed by atoms with Crippen LogP contribution in [0.15, 0.2) is 60.7 Å². The fraction of sp³-hybridized carbons (Fsp3) is 0.323. The van der Waals surface area contributed by atoms with E-state index in [1.54, 1.807) is 42.5 Å². The number of para-hydroxylation sites is 1. The molecule has 0 spiro atoms. The average molecular weight is 530 g/mol. The molecule has 204 valence electrons. The zero-order valence-electron chi connectivity index (χ0n) is 22.5. The minimum atomic E-state index is -1.07. The zero-order chi connectivity index (χ0) is 28.2. The molecule has 0 unspecified atom stereocenters. The molecule has 0 radical (unpaired) electrons. The predicted molar refractivity (Wildman–Crippen MR) is 152 cm³/mol. The van der Waals surface area contributed by atoms with Gasteiger partial charge in [-0.2, -0.15) is 0 Å². The number of benzene rings is 3. The number of phenolic OH excluding ortho intramolecular Hbond substituents is 1. The van der Waals surface area contributed by atoms with E-state index in [0.29, 0.717) is 24.1 Å². The Kier molecular flexibility index (Phi) is 8.24. The highest BCUT2D eigenvalue weighted by Crippen LogP contribution is 2.39. The second-order valence-corrected chi connectivity index (χ2v) is 10.6. The quantitative estimate of drug-likeness (QED) is 0.240. The fourth-order valence-corrected chi connectivity index (χ4v) is 5.35. The summed E-state index contributed by atoms with van der Waals surface area (Å²) in [5.74, 6) is -1.53. The maximum atomic E-state index is 13.5. The third kappa shape index (κ3) is 6.39. The molecule has 8 heteroatoms. The van der Waals surface area contributed by atoms with Crippen LogP contribution in [0.2, 0.25) is 0 Å². The number of carboxylic acid groups (broad SMARTS) is 1. The van der Waals surface area contributed by atoms with Crippen LogP contribution >= 0.6 is 0 Å². The Morgan fingerprint density at radius 3 is 2.08 bits per heavy atom. The van der Waals surface area contributed by atoms with Gasteiger partial charge < -0.3 is 26.2 Å². The van der Waals surface area contributed by atoms with Crippen LogP contribution in [0, 0.1) is 19.3 Å². The number of urea groups is 1. The Balaban J connectivity index is 1.66. The van der Waals surface area contributed by atoms with Gasteiger partial charge in [-0.25, -0.2) is 9.59 Å². The van der Waals surface area contributed by atoms with Gasteiger partial charge in [0, 0.05) is 5.69 Å². The summed E-state index contributed by atoms with van der Waals surface area (Å²) < 4.78 is 0. The van der Waals surface area contributed by atoms with Crippen LogP contribution in [0.4, 0.5) is 16.2 Å². The summed E-state index contributed by atoms with van der Waals surface area (Å²) in [4.78, 5) is 38.9. The van der Waals surface area contributed by atoms with Gasteiger partial charge in [0.2, 0.25) is 0 Å². The predicted octanol–water partition coefficient (Wildman–Crippen LogP) is 6.47. The molecule has 5 N–H and O–H groups in total. The summed E-state index contributed by atoms with van der Waals surface area (Å²) in [6, 6.07) is 15.7. The molecule has 0 bridgehead atoms. The highest BCUT2D eigenvalue weighted by molar-refractivity contribution is 6.08. The maximum Gasteiger partial charge on any atom is 0.326 e. The van der Waals surface area contributed by atoms with Crippen molar-refractivity contribution in [1.82, 2.24) is 5.32 Å². The number of nitrogens with one attached hydrogen (secondary N) is 3. The molecule has 3 aromatic rings. The molecule has 39 heavy (non-hydrogen) atoms. The monoisotopic (exact) mass is 529 g/mol. The Hall–Kier alpha value is -4.33. The number of hydrogen-bond acceptors (Lipinski definition) is 4. The third-order valence-corrected chi connectivity index (χ3v) is 7.65. The minimum Gasteiger partial charge on any atom is -0.508 e. The lowest BCUT2D eigenvalue weighted by Gasteiger charge is -2.38. The molecular formula is C31H35N3O5. The van der Waals surface area contributed by atoms with E-state index in [9.17, 15) is 24.6 Å². The Morgan fingerprint density at radius 2 is 1.46 bits per heavy atom. The van der Waals surface area contributed by atoms with Crippen molar-refractivity contribution in [3.8, 4) is 16.9 Å². The van der Waals surface area contributed by atoms with Gasteiger partial charge >= 0.3 is 12.0 Å². The Bertz CT molecular complexity index is 1360. The van der Waals surface area contributed by atoms with Crippen LogP contribution in [0.1, 0.15) is 60.5 Å². The first-order valence-corrected chi connectivity index (χ1v) is 13.2. The molecule has 1 fully saturated rings. The van der Waals surface area contributed by atoms with Crippen LogP contribution < -0.4 is 16.0 Å². The molecule has 0 aromatic heterocycles. The van der Waals surface area contributed by atoms with Gasteiger partial charge in [-0.15, -0.1) is 0 Å². The lowest BCUT2D eigenvalue weighted by atomic mass is 9.70. The lowest BCUT2D eigenvalue weighted by molar-refractivity contribution is -0.143. The molecule has 0 heterocycles. The van der Waals surface area contributed by atoms with Gasteiger partial charge in [0.1, 0.15) is 11.8 Å². The number of phenols is 1. The Labute approximate surface area is 228 Å². The van der Waals surface area contributed by atoms with Crippen LogP contribution in [-0.4, -0.2) is 34.2 Å². The van der Waals surface area contributed by atoms with Gasteiger partial charge in [-0.1, -0.05) is 62.6 Å². The summed E-state index contributed by atoms with van der Waals surface area (Å²) in [7, 11) is 0. The normalized spacial score (nSPS) is 15.2. The maximum absolute atomic E-state index is 13.5. The smallest absolute Gasteiger partial charge is 0.326 e. The van der Waals surface area contributed by atoms with E-state index in [-0.39, 0.29) is 17.0 Å². The molecule has 3 aromatic carbocycles. The SMILES string of the molecule is Cc1cccc(C)c1NC(=O)Nc1cc(-c2ccc(O)cc2)ccc1C(=O)N[C@H](C(=O)O)C1(C)CCCCC1. The zero-order valence-corrected chi connectivity index (χ0v) is 22.5. The first-order chi connectivity index (χ1) is 18.6. The molecule has 0 saturated heterocycles. The van der Waals surface area contributed by atoms with Gasteiger partial charge in [0.05, 0.1) is 11.3 Å². The van der Waals surface area contributed by atoms with Crippen molar-refractivity contribution >= 4 is 29.3 Å². The number of rotatable bonds is 7. The second kappa shape index (κ2) is 11.6. The van der Waals surface area contributed by atoms with Gasteiger partial charge in [0.15, 0.2) is 0 Å². The van der Waals surface area contributed by atoms with Crippen molar-refractivity contribution in [3.05, 3.63) is 77.4 Å². The van der Waals surface area contributed by atoms with Crippen molar-refractivity contribution in [2.75, 3.05) is 10.6 Å². The van der Waals surface area contributed by atoms with Crippen LogP contribution in [-0.2, 0) is 4.79 Å². The number of aliphatic carboxylic acids is 1. The van der Waals surface area contributed by atoms with Gasteiger partial charge in [0.25, 0.3) is 5.91 Å². The third-order valence-electron chi connectivity index (χ3n) is 7.65. The molecule has 1 aliphatic carbocycles. The molecule has 3 amide bonds. The number of carbonyl (C=O) groups is 3. The first kappa shape index (κ1) is 27.7. The van der Waals surface area contributed by atoms with E-state index < -0.39 is 29.4 Å². The molecule has 8 nitrogen and oxygen atoms in total. The van der Waals surface area contributed by atoms with Crippen molar-refractivity contribution in [2.45, 2.75) is 58.9 Å². The van der Waals surface area contributed by atoms with E-state index in [2.05, 4.69) is 16.0 Å². The average Bonchev–Trinajstić information content (AvgIpc) is 2.90. The summed E-state index contributed by atoms with van der Waals surface area (Å²) in [6.45, 7) is 5.70. The standard InChI is InChI=1S/C31H35N3O5/c1-19-8-7-9-20(2)26(19)33-30(39)32-25-18-22(21-10-13-23(35)14-11-21)12-15-24(25)28(36)34-27(29(37)38)31(3)16-5-4-6-17-31/h7-15,18,27,35H,4-6,16-17H2,1-3H3,(H,34,36)(H,37,38)(H2,32,33,39)/t27-/m1/s1. The molecule has 1 aliphatic rings.